The van der Waals surface area contributed by atoms with Gasteiger partial charge in [-0.2, -0.15) is 0 Å². The van der Waals surface area contributed by atoms with E-state index in [9.17, 15) is 24.6 Å². The summed E-state index contributed by atoms with van der Waals surface area (Å²) in [5.74, 6) is -1.32. The Hall–Kier alpha value is -4.21. The Bertz CT molecular complexity index is 1460. The monoisotopic (exact) mass is 615 g/mol. The van der Waals surface area contributed by atoms with Crippen LogP contribution in [-0.4, -0.2) is 65.9 Å². The fraction of sp³-hybridized carbons (Fsp3) is 0.417. The third kappa shape index (κ3) is 7.90. The van der Waals surface area contributed by atoms with E-state index in [1.165, 1.54) is 10.5 Å². The fourth-order valence-electron chi connectivity index (χ4n) is 5.71. The van der Waals surface area contributed by atoms with Crippen LogP contribution in [0.1, 0.15) is 58.1 Å². The molecule has 2 heterocycles. The first-order valence-electron chi connectivity index (χ1n) is 15.6. The molecular weight excluding hydrogens is 570 g/mol. The van der Waals surface area contributed by atoms with Gasteiger partial charge in [0.15, 0.2) is 5.60 Å². The van der Waals surface area contributed by atoms with Gasteiger partial charge in [-0.05, 0) is 57.4 Å². The van der Waals surface area contributed by atoms with Gasteiger partial charge in [-0.15, -0.1) is 0 Å². The van der Waals surface area contributed by atoms with E-state index in [0.29, 0.717) is 36.6 Å². The van der Waals surface area contributed by atoms with Gasteiger partial charge in [0.1, 0.15) is 6.61 Å². The number of fused-ring (bicyclic) bond motifs is 1. The van der Waals surface area contributed by atoms with Crippen LogP contribution in [0.4, 0.5) is 16.2 Å². The first kappa shape index (κ1) is 33.7. The molecule has 2 aromatic carbocycles. The van der Waals surface area contributed by atoms with Gasteiger partial charge in [0.2, 0.25) is 5.91 Å². The van der Waals surface area contributed by atoms with Crippen LogP contribution >= 0.6 is 0 Å². The minimum Gasteiger partial charge on any atom is -0.447 e. The average Bonchev–Trinajstić information content (AvgIpc) is 3.54. The van der Waals surface area contributed by atoms with Crippen LogP contribution in [0.15, 0.2) is 84.0 Å². The number of hydrogen-bond donors (Lipinski definition) is 2. The first-order valence-corrected chi connectivity index (χ1v) is 15.6. The van der Waals surface area contributed by atoms with E-state index in [1.54, 1.807) is 47.1 Å². The number of anilines is 2. The standard InChI is InChI=1S/C36H45N3O6/c1-26(2)10-8-11-27(3)18-19-39-32-17-16-30(38-21-23-45-35(38)43)24-31(32)36(44,34(39)42)28(4)12-9-15-33(41)37(20-22-40)25-29-13-6-5-7-14-29/h5-7,9-10,12-14,16-18,24,28,40,44H,8,11,15,19-23,25H2,1-4H3/b12-9+,27-18+/t28-,36+/m0/s1. The van der Waals surface area contributed by atoms with Crippen molar-refractivity contribution in [1.82, 2.24) is 4.90 Å². The topological polar surface area (TPSA) is 111 Å². The number of nitrogens with zero attached hydrogens (tertiary/aromatic N) is 3. The Kier molecular flexibility index (Phi) is 11.4. The molecule has 0 saturated carbocycles. The molecule has 2 aromatic rings. The summed E-state index contributed by atoms with van der Waals surface area (Å²) in [6.45, 7) is 9.28. The number of carbonyl (C=O) groups is 3. The second-order valence-electron chi connectivity index (χ2n) is 12.0. The highest BCUT2D eigenvalue weighted by Crippen LogP contribution is 2.47. The maximum atomic E-state index is 14.0. The molecule has 0 radical (unpaired) electrons. The van der Waals surface area contributed by atoms with Crippen molar-refractivity contribution in [2.45, 2.75) is 59.1 Å². The van der Waals surface area contributed by atoms with E-state index in [0.717, 1.165) is 24.0 Å². The SMILES string of the molecule is CC(C)=CCC/C(C)=C/CN1C(=O)[C@@](O)([C@@H](C)/C=C/CC(=O)N(CCO)Cc2ccccc2)c2cc(N3CCOC3=O)ccc21. The number of rotatable bonds is 14. The molecule has 2 atom stereocenters. The molecule has 0 spiro atoms. The van der Waals surface area contributed by atoms with E-state index < -0.39 is 23.5 Å². The Balaban J connectivity index is 1.57. The molecule has 2 N–H and O–H groups in total. The lowest BCUT2D eigenvalue weighted by Gasteiger charge is -2.28. The van der Waals surface area contributed by atoms with Crippen molar-refractivity contribution in [3.8, 4) is 0 Å². The third-order valence-electron chi connectivity index (χ3n) is 8.35. The van der Waals surface area contributed by atoms with Crippen LogP contribution in [0, 0.1) is 5.92 Å². The van der Waals surface area contributed by atoms with Crippen molar-refractivity contribution in [3.63, 3.8) is 0 Å². The van der Waals surface area contributed by atoms with Gasteiger partial charge in [0, 0.05) is 43.2 Å². The summed E-state index contributed by atoms with van der Waals surface area (Å²) in [4.78, 5) is 44.1. The van der Waals surface area contributed by atoms with Crippen molar-refractivity contribution < 1.29 is 29.3 Å². The zero-order valence-electron chi connectivity index (χ0n) is 26.7. The summed E-state index contributed by atoms with van der Waals surface area (Å²) in [6.07, 6.45) is 8.92. The van der Waals surface area contributed by atoms with Gasteiger partial charge >= 0.3 is 6.09 Å². The summed E-state index contributed by atoms with van der Waals surface area (Å²) in [5, 5.41) is 21.7. The largest absolute Gasteiger partial charge is 0.447 e. The van der Waals surface area contributed by atoms with Gasteiger partial charge in [0.05, 0.1) is 18.8 Å². The maximum absolute atomic E-state index is 14.0. The summed E-state index contributed by atoms with van der Waals surface area (Å²) in [5.41, 5.74) is 2.99. The lowest BCUT2D eigenvalue weighted by atomic mass is 9.82. The Morgan fingerprint density at radius 3 is 2.53 bits per heavy atom. The zero-order valence-corrected chi connectivity index (χ0v) is 26.7. The maximum Gasteiger partial charge on any atom is 0.414 e. The van der Waals surface area contributed by atoms with Crippen molar-refractivity contribution in [2.75, 3.05) is 42.6 Å². The highest BCUT2D eigenvalue weighted by atomic mass is 16.6. The van der Waals surface area contributed by atoms with Crippen LogP contribution < -0.4 is 9.80 Å². The van der Waals surface area contributed by atoms with Gasteiger partial charge in [-0.25, -0.2) is 4.79 Å². The number of hydrogen-bond acceptors (Lipinski definition) is 6. The highest BCUT2D eigenvalue weighted by molar-refractivity contribution is 6.08. The summed E-state index contributed by atoms with van der Waals surface area (Å²) in [6, 6.07) is 14.8. The molecule has 9 heteroatoms. The van der Waals surface area contributed by atoms with E-state index >= 15 is 0 Å². The number of aliphatic hydroxyl groups is 2. The summed E-state index contributed by atoms with van der Waals surface area (Å²) < 4.78 is 5.11. The van der Waals surface area contributed by atoms with Crippen molar-refractivity contribution in [3.05, 3.63) is 95.1 Å². The quantitative estimate of drug-likeness (QED) is 0.273. The molecule has 9 nitrogen and oxygen atoms in total. The fourth-order valence-corrected chi connectivity index (χ4v) is 5.71. The Labute approximate surface area is 266 Å². The summed E-state index contributed by atoms with van der Waals surface area (Å²) in [7, 11) is 0. The molecule has 2 aliphatic heterocycles. The molecule has 0 bridgehead atoms. The highest BCUT2D eigenvalue weighted by Gasteiger charge is 2.52. The molecule has 0 aliphatic carbocycles. The number of aliphatic hydroxyl groups excluding tert-OH is 1. The molecule has 1 saturated heterocycles. The average molecular weight is 616 g/mol. The van der Waals surface area contributed by atoms with Gasteiger partial charge in [-0.1, -0.05) is 72.7 Å². The predicted octanol–water partition coefficient (Wildman–Crippen LogP) is 5.47. The molecule has 3 amide bonds. The van der Waals surface area contributed by atoms with E-state index in [1.807, 2.05) is 43.3 Å². The van der Waals surface area contributed by atoms with Crippen molar-refractivity contribution in [1.29, 1.82) is 0 Å². The van der Waals surface area contributed by atoms with Crippen LogP contribution in [0.3, 0.4) is 0 Å². The van der Waals surface area contributed by atoms with E-state index in [4.69, 9.17) is 4.74 Å². The molecule has 45 heavy (non-hydrogen) atoms. The lowest BCUT2D eigenvalue weighted by molar-refractivity contribution is -0.139. The molecular formula is C36H45N3O6. The predicted molar refractivity (Wildman–Crippen MR) is 176 cm³/mol. The molecule has 0 aromatic heterocycles. The van der Waals surface area contributed by atoms with E-state index in [-0.39, 0.29) is 32.1 Å². The second kappa shape index (κ2) is 15.2. The molecule has 240 valence electrons. The smallest absolute Gasteiger partial charge is 0.414 e. The summed E-state index contributed by atoms with van der Waals surface area (Å²) >= 11 is 0. The number of cyclic esters (lactones) is 1. The van der Waals surface area contributed by atoms with Crippen molar-refractivity contribution in [2.24, 2.45) is 5.92 Å². The first-order chi connectivity index (χ1) is 21.6. The van der Waals surface area contributed by atoms with Crippen LogP contribution in [-0.2, 0) is 26.5 Å². The number of allylic oxidation sites excluding steroid dienone is 3. The number of carbonyl (C=O) groups excluding carboxylic acids is 3. The molecule has 0 unspecified atom stereocenters. The molecule has 4 rings (SSSR count). The van der Waals surface area contributed by atoms with Gasteiger partial charge < -0.3 is 24.7 Å². The van der Waals surface area contributed by atoms with Crippen LogP contribution in [0.25, 0.3) is 0 Å². The Morgan fingerprint density at radius 1 is 1.11 bits per heavy atom. The normalized spacial score (nSPS) is 18.8. The minimum atomic E-state index is -1.91. The minimum absolute atomic E-state index is 0.0469. The van der Waals surface area contributed by atoms with Gasteiger partial charge in [-0.3, -0.25) is 14.5 Å². The second-order valence-corrected chi connectivity index (χ2v) is 12.0. The number of benzene rings is 2. The third-order valence-corrected chi connectivity index (χ3v) is 8.35. The number of ether oxygens (including phenoxy) is 1. The number of amides is 3. The van der Waals surface area contributed by atoms with Crippen LogP contribution in [0.5, 0.6) is 0 Å². The molecule has 1 fully saturated rings. The van der Waals surface area contributed by atoms with Crippen molar-refractivity contribution >= 4 is 29.3 Å². The zero-order chi connectivity index (χ0) is 32.6. The van der Waals surface area contributed by atoms with E-state index in [2.05, 4.69) is 19.9 Å². The van der Waals surface area contributed by atoms with Crippen LogP contribution in [0.2, 0.25) is 0 Å². The molecule has 2 aliphatic rings. The van der Waals surface area contributed by atoms with Gasteiger partial charge in [0.25, 0.3) is 5.91 Å². The lowest BCUT2D eigenvalue weighted by Crippen LogP contribution is -2.44. The Morgan fingerprint density at radius 2 is 1.87 bits per heavy atom.